The summed E-state index contributed by atoms with van der Waals surface area (Å²) in [5.41, 5.74) is -0.0923. The van der Waals surface area contributed by atoms with Gasteiger partial charge in [-0.15, -0.1) is 10.2 Å². The lowest BCUT2D eigenvalue weighted by molar-refractivity contribution is -0.123. The molecule has 2 aromatic rings. The lowest BCUT2D eigenvalue weighted by atomic mass is 9.96. The summed E-state index contributed by atoms with van der Waals surface area (Å²) >= 11 is 0.739. The fourth-order valence-corrected chi connectivity index (χ4v) is 3.70. The summed E-state index contributed by atoms with van der Waals surface area (Å²) in [5.74, 6) is -0.791. The summed E-state index contributed by atoms with van der Waals surface area (Å²) in [6.07, 6.45) is 0. The van der Waals surface area contributed by atoms with Crippen LogP contribution in [0.3, 0.4) is 0 Å². The van der Waals surface area contributed by atoms with E-state index in [9.17, 15) is 18.0 Å². The molecule has 11 heteroatoms. The van der Waals surface area contributed by atoms with E-state index < -0.39 is 21.4 Å². The zero-order chi connectivity index (χ0) is 20.2. The highest BCUT2D eigenvalue weighted by Crippen LogP contribution is 2.24. The Balaban J connectivity index is 2.11. The summed E-state index contributed by atoms with van der Waals surface area (Å²) in [7, 11) is -3.98. The van der Waals surface area contributed by atoms with Gasteiger partial charge in [0, 0.05) is 11.1 Å². The Hall–Kier alpha value is -2.53. The van der Waals surface area contributed by atoms with E-state index >= 15 is 0 Å². The number of benzene rings is 1. The Bertz CT molecular complexity index is 930. The minimum Gasteiger partial charge on any atom is -0.462 e. The van der Waals surface area contributed by atoms with Gasteiger partial charge in [-0.1, -0.05) is 32.1 Å². The van der Waals surface area contributed by atoms with Crippen molar-refractivity contribution in [3.63, 3.8) is 0 Å². The molecule has 0 unspecified atom stereocenters. The Morgan fingerprint density at radius 1 is 1.15 bits per heavy atom. The molecule has 27 heavy (non-hydrogen) atoms. The van der Waals surface area contributed by atoms with Crippen molar-refractivity contribution < 1.29 is 22.7 Å². The van der Waals surface area contributed by atoms with Gasteiger partial charge in [-0.2, -0.15) is 8.42 Å². The van der Waals surface area contributed by atoms with Gasteiger partial charge in [0.1, 0.15) is 0 Å². The second kappa shape index (κ2) is 8.01. The smallest absolute Gasteiger partial charge is 0.338 e. The van der Waals surface area contributed by atoms with Crippen LogP contribution in [-0.4, -0.2) is 37.1 Å². The van der Waals surface area contributed by atoms with Crippen LogP contribution in [0.5, 0.6) is 0 Å². The van der Waals surface area contributed by atoms with Crippen LogP contribution < -0.4 is 10.0 Å². The molecule has 0 radical (unpaired) electrons. The Kier molecular flexibility index (Phi) is 6.16. The van der Waals surface area contributed by atoms with Gasteiger partial charge in [-0.3, -0.25) is 9.52 Å². The highest BCUT2D eigenvalue weighted by molar-refractivity contribution is 7.94. The Morgan fingerprint density at radius 2 is 1.78 bits per heavy atom. The molecule has 0 bridgehead atoms. The van der Waals surface area contributed by atoms with Crippen LogP contribution in [0.25, 0.3) is 0 Å². The summed E-state index contributed by atoms with van der Waals surface area (Å²) in [4.78, 5) is 23.6. The number of nitrogens with zero attached hydrogens (tertiary/aromatic N) is 2. The summed E-state index contributed by atoms with van der Waals surface area (Å²) in [6.45, 7) is 7.12. The molecule has 1 heterocycles. The number of sulfonamides is 1. The number of hydrogen-bond acceptors (Lipinski definition) is 8. The molecule has 2 N–H and O–H groups in total. The molecule has 0 saturated carbocycles. The summed E-state index contributed by atoms with van der Waals surface area (Å²) in [6, 6.07) is 5.77. The van der Waals surface area contributed by atoms with Crippen LogP contribution in [0.4, 0.5) is 10.8 Å². The maximum Gasteiger partial charge on any atom is 0.338 e. The van der Waals surface area contributed by atoms with E-state index in [0.29, 0.717) is 5.56 Å². The van der Waals surface area contributed by atoms with Gasteiger partial charge in [0.05, 0.1) is 12.2 Å². The minimum atomic E-state index is -3.98. The van der Waals surface area contributed by atoms with Crippen LogP contribution in [-0.2, 0) is 19.6 Å². The van der Waals surface area contributed by atoms with Crippen LogP contribution in [0.2, 0.25) is 0 Å². The molecule has 0 aliphatic heterocycles. The number of nitrogens with one attached hydrogen (secondary N) is 2. The predicted molar refractivity (Wildman–Crippen MR) is 101 cm³/mol. The molecular weight excluding hydrogens is 392 g/mol. The number of aromatic nitrogens is 2. The quantitative estimate of drug-likeness (QED) is 0.551. The van der Waals surface area contributed by atoms with Crippen LogP contribution in [0, 0.1) is 5.41 Å². The van der Waals surface area contributed by atoms with Crippen molar-refractivity contribution in [2.75, 3.05) is 16.6 Å². The maximum atomic E-state index is 12.4. The van der Waals surface area contributed by atoms with Gasteiger partial charge in [0.2, 0.25) is 11.0 Å². The number of esters is 1. The van der Waals surface area contributed by atoms with E-state index in [1.54, 1.807) is 27.7 Å². The molecule has 0 atom stereocenters. The van der Waals surface area contributed by atoms with Crippen LogP contribution in [0.1, 0.15) is 38.1 Å². The van der Waals surface area contributed by atoms with E-state index in [4.69, 9.17) is 4.74 Å². The molecule has 0 saturated heterocycles. The lowest BCUT2D eigenvalue weighted by Crippen LogP contribution is -2.27. The molecule has 0 spiro atoms. The zero-order valence-electron chi connectivity index (χ0n) is 15.3. The minimum absolute atomic E-state index is 0.0907. The molecule has 9 nitrogen and oxygen atoms in total. The first-order chi connectivity index (χ1) is 12.5. The first kappa shape index (κ1) is 20.8. The number of hydrogen-bond donors (Lipinski definition) is 2. The zero-order valence-corrected chi connectivity index (χ0v) is 16.9. The molecule has 0 aliphatic carbocycles. The van der Waals surface area contributed by atoms with Gasteiger partial charge < -0.3 is 10.1 Å². The van der Waals surface area contributed by atoms with E-state index in [1.807, 2.05) is 0 Å². The number of carbonyl (C=O) groups is 2. The van der Waals surface area contributed by atoms with Crippen molar-refractivity contribution in [1.82, 2.24) is 10.2 Å². The predicted octanol–water partition coefficient (Wildman–Crippen LogP) is 2.50. The summed E-state index contributed by atoms with van der Waals surface area (Å²) in [5, 5.41) is 9.93. The highest BCUT2D eigenvalue weighted by atomic mass is 32.2. The van der Waals surface area contributed by atoms with Gasteiger partial charge in [-0.05, 0) is 31.2 Å². The van der Waals surface area contributed by atoms with Crippen molar-refractivity contribution in [2.24, 2.45) is 5.41 Å². The Morgan fingerprint density at radius 3 is 2.33 bits per heavy atom. The maximum absolute atomic E-state index is 12.4. The molecule has 1 amide bonds. The number of rotatable bonds is 6. The van der Waals surface area contributed by atoms with Crippen LogP contribution in [0.15, 0.2) is 28.6 Å². The third kappa shape index (κ3) is 5.47. The topological polar surface area (TPSA) is 127 Å². The normalized spacial score (nSPS) is 11.7. The number of carbonyl (C=O) groups excluding carboxylic acids is 2. The van der Waals surface area contributed by atoms with Crippen molar-refractivity contribution >= 4 is 44.1 Å². The average Bonchev–Trinajstić information content (AvgIpc) is 3.04. The molecular formula is C16H20N4O5S2. The standard InChI is InChI=1S/C16H20N4O5S2/c1-5-25-12(21)10-6-8-11(9-7-10)20-27(23,24)15-19-18-14(26-15)17-13(22)16(2,3)4/h6-9,20H,5H2,1-4H3,(H,17,18,22). The lowest BCUT2D eigenvalue weighted by Gasteiger charge is -2.15. The number of ether oxygens (including phenoxy) is 1. The third-order valence-electron chi connectivity index (χ3n) is 3.19. The fourth-order valence-electron chi connectivity index (χ4n) is 1.74. The second-order valence-corrected chi connectivity index (χ2v) is 9.31. The monoisotopic (exact) mass is 412 g/mol. The first-order valence-corrected chi connectivity index (χ1v) is 10.3. The average molecular weight is 412 g/mol. The molecule has 0 fully saturated rings. The third-order valence-corrected chi connectivity index (χ3v) is 5.77. The molecule has 1 aromatic carbocycles. The SMILES string of the molecule is CCOC(=O)c1ccc(NS(=O)(=O)c2nnc(NC(=O)C(C)(C)C)s2)cc1. The van der Waals surface area contributed by atoms with Gasteiger partial charge in [-0.25, -0.2) is 4.79 Å². The fraction of sp³-hybridized carbons (Fsp3) is 0.375. The summed E-state index contributed by atoms with van der Waals surface area (Å²) < 4.78 is 31.7. The molecule has 1 aromatic heterocycles. The van der Waals surface area contributed by atoms with Gasteiger partial charge >= 0.3 is 5.97 Å². The van der Waals surface area contributed by atoms with Crippen LogP contribution >= 0.6 is 11.3 Å². The Labute approximate surface area is 161 Å². The molecule has 0 aliphatic rings. The highest BCUT2D eigenvalue weighted by Gasteiger charge is 2.25. The van der Waals surface area contributed by atoms with E-state index in [2.05, 4.69) is 20.2 Å². The van der Waals surface area contributed by atoms with Gasteiger partial charge in [0.25, 0.3) is 14.4 Å². The van der Waals surface area contributed by atoms with Crippen molar-refractivity contribution in [3.8, 4) is 0 Å². The van der Waals surface area contributed by atoms with Crippen molar-refractivity contribution in [1.29, 1.82) is 0 Å². The van der Waals surface area contributed by atoms with Crippen molar-refractivity contribution in [2.45, 2.75) is 32.0 Å². The largest absolute Gasteiger partial charge is 0.462 e. The first-order valence-electron chi connectivity index (χ1n) is 7.98. The molecule has 146 valence electrons. The van der Waals surface area contributed by atoms with Crippen molar-refractivity contribution in [3.05, 3.63) is 29.8 Å². The van der Waals surface area contributed by atoms with E-state index in [-0.39, 0.29) is 27.7 Å². The van der Waals surface area contributed by atoms with Gasteiger partial charge in [0.15, 0.2) is 0 Å². The van der Waals surface area contributed by atoms with E-state index in [1.165, 1.54) is 24.3 Å². The number of amides is 1. The number of anilines is 2. The van der Waals surface area contributed by atoms with E-state index in [0.717, 1.165) is 11.3 Å². The molecule has 2 rings (SSSR count). The second-order valence-electron chi connectivity index (χ2n) is 6.48.